The van der Waals surface area contributed by atoms with Gasteiger partial charge in [-0.1, -0.05) is 0 Å². The molecule has 0 saturated heterocycles. The van der Waals surface area contributed by atoms with Crippen LogP contribution in [0.25, 0.3) is 0 Å². The molecule has 0 unspecified atom stereocenters. The third-order valence-electron chi connectivity index (χ3n) is 2.60. The first-order chi connectivity index (χ1) is 9.21. The third kappa shape index (κ3) is 5.46. The van der Waals surface area contributed by atoms with Gasteiger partial charge in [-0.05, 0) is 33.0 Å². The van der Waals surface area contributed by atoms with Crippen LogP contribution in [0.5, 0.6) is 5.75 Å². The number of amides is 1. The predicted molar refractivity (Wildman–Crippen MR) is 79.8 cm³/mol. The number of nitrogen functional groups attached to an aromatic ring is 1. The minimum absolute atomic E-state index is 0.176. The highest BCUT2D eigenvalue weighted by molar-refractivity contribution is 5.95. The molecule has 0 spiro atoms. The lowest BCUT2D eigenvalue weighted by Crippen LogP contribution is -2.40. The van der Waals surface area contributed by atoms with Crippen molar-refractivity contribution in [3.8, 4) is 5.75 Å². The zero-order chi connectivity index (χ0) is 15.3. The van der Waals surface area contributed by atoms with E-state index in [2.05, 4.69) is 5.32 Å². The van der Waals surface area contributed by atoms with Crippen LogP contribution >= 0.6 is 0 Å². The van der Waals surface area contributed by atoms with Crippen molar-refractivity contribution >= 4 is 17.3 Å². The average Bonchev–Trinajstić information content (AvgIpc) is 2.28. The molecule has 1 rings (SSSR count). The van der Waals surface area contributed by atoms with Crippen LogP contribution in [0, 0.1) is 0 Å². The molecule has 0 fully saturated rings. The van der Waals surface area contributed by atoms with E-state index < -0.39 is 5.60 Å². The van der Waals surface area contributed by atoms with Gasteiger partial charge in [0.1, 0.15) is 5.75 Å². The van der Waals surface area contributed by atoms with Gasteiger partial charge >= 0.3 is 0 Å². The van der Waals surface area contributed by atoms with Crippen LogP contribution in [0.4, 0.5) is 11.4 Å². The number of nitrogens with two attached hydrogens (primary N) is 1. The minimum Gasteiger partial charge on any atom is -0.497 e. The maximum absolute atomic E-state index is 11.9. The first-order valence-electron chi connectivity index (χ1n) is 6.35. The molecule has 0 atom stereocenters. The third-order valence-corrected chi connectivity index (χ3v) is 2.60. The van der Waals surface area contributed by atoms with Crippen LogP contribution in [-0.4, -0.2) is 48.8 Å². The van der Waals surface area contributed by atoms with Crippen LogP contribution in [-0.2, 0) is 4.79 Å². The summed E-state index contributed by atoms with van der Waals surface area (Å²) in [6.45, 7) is 3.97. The summed E-state index contributed by atoms with van der Waals surface area (Å²) in [6, 6.07) is 5.07. The van der Waals surface area contributed by atoms with Crippen molar-refractivity contribution in [1.82, 2.24) is 4.90 Å². The second-order valence-corrected chi connectivity index (χ2v) is 5.49. The van der Waals surface area contributed by atoms with Gasteiger partial charge in [0.15, 0.2) is 0 Å². The van der Waals surface area contributed by atoms with E-state index in [-0.39, 0.29) is 12.5 Å². The molecule has 0 radical (unpaired) electrons. The van der Waals surface area contributed by atoms with Crippen molar-refractivity contribution in [3.63, 3.8) is 0 Å². The number of rotatable bonds is 6. The van der Waals surface area contributed by atoms with E-state index in [0.717, 1.165) is 0 Å². The molecule has 0 aliphatic carbocycles. The van der Waals surface area contributed by atoms with Crippen molar-refractivity contribution < 1.29 is 14.6 Å². The van der Waals surface area contributed by atoms with E-state index in [4.69, 9.17) is 10.5 Å². The standard InChI is InChI=1S/C14H23N3O3/c1-14(2,19)9-17(3)8-13(18)16-12-6-5-10(20-4)7-11(12)15/h5-7,19H,8-9,15H2,1-4H3,(H,16,18). The molecule has 112 valence electrons. The molecular formula is C14H23N3O3. The zero-order valence-corrected chi connectivity index (χ0v) is 12.4. The van der Waals surface area contributed by atoms with Gasteiger partial charge in [0.25, 0.3) is 0 Å². The summed E-state index contributed by atoms with van der Waals surface area (Å²) in [7, 11) is 3.33. The highest BCUT2D eigenvalue weighted by Gasteiger charge is 2.17. The second-order valence-electron chi connectivity index (χ2n) is 5.49. The van der Waals surface area contributed by atoms with Crippen LogP contribution < -0.4 is 15.8 Å². The van der Waals surface area contributed by atoms with Gasteiger partial charge in [0.05, 0.1) is 30.6 Å². The number of hydrogen-bond acceptors (Lipinski definition) is 5. The number of carbonyl (C=O) groups is 1. The minimum atomic E-state index is -0.839. The fourth-order valence-corrected chi connectivity index (χ4v) is 1.93. The van der Waals surface area contributed by atoms with E-state index >= 15 is 0 Å². The van der Waals surface area contributed by atoms with Crippen molar-refractivity contribution in [3.05, 3.63) is 18.2 Å². The number of nitrogens with one attached hydrogen (secondary N) is 1. The number of ether oxygens (including phenoxy) is 1. The number of carbonyl (C=O) groups excluding carboxylic acids is 1. The molecule has 1 aromatic rings. The SMILES string of the molecule is COc1ccc(NC(=O)CN(C)CC(C)(C)O)c(N)c1. The summed E-state index contributed by atoms with van der Waals surface area (Å²) in [4.78, 5) is 13.6. The fourth-order valence-electron chi connectivity index (χ4n) is 1.93. The molecule has 6 heteroatoms. The largest absolute Gasteiger partial charge is 0.497 e. The number of methoxy groups -OCH3 is 1. The number of aliphatic hydroxyl groups is 1. The molecule has 0 heterocycles. The predicted octanol–water partition coefficient (Wildman–Crippen LogP) is 0.919. The molecule has 1 aromatic carbocycles. The highest BCUT2D eigenvalue weighted by atomic mass is 16.5. The summed E-state index contributed by atoms with van der Waals surface area (Å²) >= 11 is 0. The van der Waals surface area contributed by atoms with Gasteiger partial charge in [-0.25, -0.2) is 0 Å². The molecule has 0 aliphatic rings. The molecule has 4 N–H and O–H groups in total. The van der Waals surface area contributed by atoms with E-state index in [1.165, 1.54) is 0 Å². The lowest BCUT2D eigenvalue weighted by atomic mass is 10.1. The number of likely N-dealkylation sites (N-methyl/N-ethyl adjacent to an activating group) is 1. The molecule has 0 saturated carbocycles. The Kier molecular flexibility index (Phi) is 5.35. The fraction of sp³-hybridized carbons (Fsp3) is 0.500. The average molecular weight is 281 g/mol. The smallest absolute Gasteiger partial charge is 0.238 e. The quantitative estimate of drug-likeness (QED) is 0.675. The van der Waals surface area contributed by atoms with Crippen molar-refractivity contribution in [1.29, 1.82) is 0 Å². The van der Waals surface area contributed by atoms with E-state index in [0.29, 0.717) is 23.7 Å². The molecule has 6 nitrogen and oxygen atoms in total. The number of anilines is 2. The summed E-state index contributed by atoms with van der Waals surface area (Å²) in [5.74, 6) is 0.452. The maximum atomic E-state index is 11.9. The van der Waals surface area contributed by atoms with Crippen LogP contribution in [0.3, 0.4) is 0 Å². The molecule has 0 aliphatic heterocycles. The Morgan fingerprint density at radius 2 is 2.15 bits per heavy atom. The first kappa shape index (κ1) is 16.3. The van der Waals surface area contributed by atoms with Crippen molar-refractivity contribution in [2.45, 2.75) is 19.4 Å². The molecule has 20 heavy (non-hydrogen) atoms. The number of nitrogens with zero attached hydrogens (tertiary/aromatic N) is 1. The Labute approximate surface area is 119 Å². The Bertz CT molecular complexity index is 469. The summed E-state index contributed by atoms with van der Waals surface area (Å²) in [5.41, 5.74) is 5.99. The summed E-state index contributed by atoms with van der Waals surface area (Å²) in [5, 5.41) is 12.4. The van der Waals surface area contributed by atoms with Gasteiger partial charge in [0.2, 0.25) is 5.91 Å². The van der Waals surface area contributed by atoms with Gasteiger partial charge in [-0.2, -0.15) is 0 Å². The van der Waals surface area contributed by atoms with Crippen molar-refractivity contribution in [2.75, 3.05) is 38.3 Å². The molecular weight excluding hydrogens is 258 g/mol. The number of benzene rings is 1. The van der Waals surface area contributed by atoms with E-state index in [9.17, 15) is 9.90 Å². The summed E-state index contributed by atoms with van der Waals surface area (Å²) < 4.78 is 5.05. The Morgan fingerprint density at radius 3 is 2.65 bits per heavy atom. The van der Waals surface area contributed by atoms with Gasteiger partial charge in [0, 0.05) is 12.6 Å². The number of hydrogen-bond donors (Lipinski definition) is 3. The molecule has 0 aromatic heterocycles. The van der Waals surface area contributed by atoms with E-state index in [1.54, 1.807) is 51.1 Å². The van der Waals surface area contributed by atoms with Crippen LogP contribution in [0.1, 0.15) is 13.8 Å². The monoisotopic (exact) mass is 281 g/mol. The highest BCUT2D eigenvalue weighted by Crippen LogP contribution is 2.23. The van der Waals surface area contributed by atoms with Gasteiger partial charge in [-0.15, -0.1) is 0 Å². The second kappa shape index (κ2) is 6.58. The lowest BCUT2D eigenvalue weighted by Gasteiger charge is -2.24. The Balaban J connectivity index is 2.58. The Morgan fingerprint density at radius 1 is 1.50 bits per heavy atom. The van der Waals surface area contributed by atoms with Gasteiger partial charge in [-0.3, -0.25) is 9.69 Å². The summed E-state index contributed by atoms with van der Waals surface area (Å²) in [6.07, 6.45) is 0. The topological polar surface area (TPSA) is 87.8 Å². The molecule has 0 bridgehead atoms. The van der Waals surface area contributed by atoms with Crippen LogP contribution in [0.15, 0.2) is 18.2 Å². The van der Waals surface area contributed by atoms with E-state index in [1.807, 2.05) is 0 Å². The zero-order valence-electron chi connectivity index (χ0n) is 12.4. The first-order valence-corrected chi connectivity index (χ1v) is 6.35. The maximum Gasteiger partial charge on any atom is 0.238 e. The Hall–Kier alpha value is -1.79. The lowest BCUT2D eigenvalue weighted by molar-refractivity contribution is -0.117. The van der Waals surface area contributed by atoms with Crippen LogP contribution in [0.2, 0.25) is 0 Å². The molecule has 1 amide bonds. The normalized spacial score (nSPS) is 11.5. The van der Waals surface area contributed by atoms with Gasteiger partial charge < -0.3 is 20.9 Å². The van der Waals surface area contributed by atoms with Crippen molar-refractivity contribution in [2.24, 2.45) is 0 Å².